The number of ether oxygens (including phenoxy) is 1. The van der Waals surface area contributed by atoms with E-state index in [0.717, 1.165) is 32.5 Å². The minimum absolute atomic E-state index is 0.0136. The molecule has 2 fully saturated rings. The minimum atomic E-state index is -0.296. The van der Waals surface area contributed by atoms with E-state index in [4.69, 9.17) is 27.9 Å². The molecular formula is C10H17Cl2NO. The first kappa shape index (κ1) is 11.0. The summed E-state index contributed by atoms with van der Waals surface area (Å²) in [6.07, 6.45) is 6.17. The first-order valence-electron chi connectivity index (χ1n) is 5.40. The van der Waals surface area contributed by atoms with Gasteiger partial charge in [-0.15, -0.1) is 23.2 Å². The van der Waals surface area contributed by atoms with Crippen LogP contribution in [0.25, 0.3) is 0 Å². The van der Waals surface area contributed by atoms with E-state index in [0.29, 0.717) is 0 Å². The minimum Gasteiger partial charge on any atom is -0.359 e. The molecule has 0 radical (unpaired) electrons. The van der Waals surface area contributed by atoms with Crippen LogP contribution in [-0.2, 0) is 4.74 Å². The van der Waals surface area contributed by atoms with Gasteiger partial charge in [-0.3, -0.25) is 4.90 Å². The van der Waals surface area contributed by atoms with Gasteiger partial charge < -0.3 is 4.74 Å². The third-order valence-corrected chi connectivity index (χ3v) is 3.58. The largest absolute Gasteiger partial charge is 0.359 e. The maximum atomic E-state index is 5.90. The highest BCUT2D eigenvalue weighted by molar-refractivity contribution is 6.44. The van der Waals surface area contributed by atoms with Crippen molar-refractivity contribution in [2.75, 3.05) is 19.7 Å². The zero-order valence-electron chi connectivity index (χ0n) is 8.35. The standard InChI is InChI=1S/C10H17Cl2NO/c11-9(12)8-13-6-7-14-10(13)4-2-1-3-5-10/h9H,1-8H2. The van der Waals surface area contributed by atoms with Crippen LogP contribution in [0.5, 0.6) is 0 Å². The number of alkyl halides is 2. The molecule has 0 aromatic heterocycles. The summed E-state index contributed by atoms with van der Waals surface area (Å²) in [5.74, 6) is 0. The zero-order valence-corrected chi connectivity index (χ0v) is 9.86. The molecule has 1 aliphatic carbocycles. The van der Waals surface area contributed by atoms with Crippen molar-refractivity contribution in [3.05, 3.63) is 0 Å². The van der Waals surface area contributed by atoms with Crippen LogP contribution in [0.3, 0.4) is 0 Å². The Balaban J connectivity index is 2.00. The number of hydrogen-bond acceptors (Lipinski definition) is 2. The van der Waals surface area contributed by atoms with Gasteiger partial charge in [-0.05, 0) is 25.7 Å². The van der Waals surface area contributed by atoms with Gasteiger partial charge in [0.05, 0.1) is 6.61 Å². The van der Waals surface area contributed by atoms with E-state index in [9.17, 15) is 0 Å². The van der Waals surface area contributed by atoms with Crippen molar-refractivity contribution < 1.29 is 4.74 Å². The maximum absolute atomic E-state index is 5.90. The van der Waals surface area contributed by atoms with Crippen molar-refractivity contribution in [2.24, 2.45) is 0 Å². The molecule has 2 rings (SSSR count). The molecule has 2 aliphatic rings. The topological polar surface area (TPSA) is 12.5 Å². The Labute approximate surface area is 95.5 Å². The highest BCUT2D eigenvalue weighted by atomic mass is 35.5. The van der Waals surface area contributed by atoms with Crippen molar-refractivity contribution in [1.29, 1.82) is 0 Å². The molecule has 0 atom stereocenters. The Bertz CT molecular complexity index is 193. The number of rotatable bonds is 2. The molecule has 0 bridgehead atoms. The second kappa shape index (κ2) is 4.56. The quantitative estimate of drug-likeness (QED) is 0.686. The van der Waals surface area contributed by atoms with Crippen LogP contribution in [0.1, 0.15) is 32.1 Å². The van der Waals surface area contributed by atoms with Crippen molar-refractivity contribution in [1.82, 2.24) is 4.90 Å². The lowest BCUT2D eigenvalue weighted by Gasteiger charge is -2.40. The third-order valence-electron chi connectivity index (χ3n) is 3.30. The molecule has 0 aromatic rings. The maximum Gasteiger partial charge on any atom is 0.121 e. The van der Waals surface area contributed by atoms with Gasteiger partial charge in [0, 0.05) is 13.1 Å². The van der Waals surface area contributed by atoms with Gasteiger partial charge in [0.25, 0.3) is 0 Å². The Morgan fingerprint density at radius 1 is 1.21 bits per heavy atom. The van der Waals surface area contributed by atoms with Crippen molar-refractivity contribution in [2.45, 2.75) is 42.7 Å². The van der Waals surface area contributed by atoms with E-state index in [1.54, 1.807) is 0 Å². The van der Waals surface area contributed by atoms with Gasteiger partial charge in [-0.25, -0.2) is 0 Å². The van der Waals surface area contributed by atoms with E-state index in [1.807, 2.05) is 0 Å². The van der Waals surface area contributed by atoms with E-state index in [-0.39, 0.29) is 10.6 Å². The molecule has 0 amide bonds. The van der Waals surface area contributed by atoms with Crippen LogP contribution in [-0.4, -0.2) is 35.2 Å². The third kappa shape index (κ3) is 2.19. The predicted octanol–water partition coefficient (Wildman–Crippen LogP) is 2.78. The molecule has 1 saturated heterocycles. The first-order chi connectivity index (χ1) is 6.73. The molecule has 0 unspecified atom stereocenters. The Hall–Kier alpha value is 0.500. The summed E-state index contributed by atoms with van der Waals surface area (Å²) < 4.78 is 5.90. The molecular weight excluding hydrogens is 221 g/mol. The second-order valence-corrected chi connectivity index (χ2v) is 5.47. The number of nitrogens with zero attached hydrogens (tertiary/aromatic N) is 1. The van der Waals surface area contributed by atoms with Crippen LogP contribution in [0, 0.1) is 0 Å². The van der Waals surface area contributed by atoms with E-state index >= 15 is 0 Å². The monoisotopic (exact) mass is 237 g/mol. The number of halogens is 2. The van der Waals surface area contributed by atoms with Crippen LogP contribution in [0.15, 0.2) is 0 Å². The van der Waals surface area contributed by atoms with Crippen molar-refractivity contribution >= 4 is 23.2 Å². The summed E-state index contributed by atoms with van der Waals surface area (Å²) in [5.41, 5.74) is -0.0136. The van der Waals surface area contributed by atoms with Crippen LogP contribution in [0.4, 0.5) is 0 Å². The van der Waals surface area contributed by atoms with E-state index < -0.39 is 0 Å². The molecule has 2 nitrogen and oxygen atoms in total. The van der Waals surface area contributed by atoms with Gasteiger partial charge >= 0.3 is 0 Å². The van der Waals surface area contributed by atoms with Gasteiger partial charge in [-0.1, -0.05) is 6.42 Å². The molecule has 1 saturated carbocycles. The zero-order chi connectivity index (χ0) is 10.0. The average molecular weight is 238 g/mol. The molecule has 14 heavy (non-hydrogen) atoms. The fraction of sp³-hybridized carbons (Fsp3) is 1.00. The van der Waals surface area contributed by atoms with Crippen LogP contribution in [0.2, 0.25) is 0 Å². The normalized spacial score (nSPS) is 27.6. The summed E-state index contributed by atoms with van der Waals surface area (Å²) >= 11 is 11.7. The summed E-state index contributed by atoms with van der Waals surface area (Å²) in [4.78, 5) is 2.03. The molecule has 1 heterocycles. The first-order valence-corrected chi connectivity index (χ1v) is 6.27. The predicted molar refractivity (Wildman–Crippen MR) is 58.8 cm³/mol. The Morgan fingerprint density at radius 3 is 2.57 bits per heavy atom. The molecule has 4 heteroatoms. The lowest BCUT2D eigenvalue weighted by atomic mass is 9.91. The smallest absolute Gasteiger partial charge is 0.121 e. The fourth-order valence-electron chi connectivity index (χ4n) is 2.63. The van der Waals surface area contributed by atoms with E-state index in [1.165, 1.54) is 19.3 Å². The summed E-state index contributed by atoms with van der Waals surface area (Å²) in [7, 11) is 0. The van der Waals surface area contributed by atoms with Crippen molar-refractivity contribution in [3.8, 4) is 0 Å². The summed E-state index contributed by atoms with van der Waals surface area (Å²) in [6, 6.07) is 0. The average Bonchev–Trinajstić information content (AvgIpc) is 2.50. The second-order valence-electron chi connectivity index (χ2n) is 4.19. The van der Waals surface area contributed by atoms with Gasteiger partial charge in [0.15, 0.2) is 0 Å². The summed E-state index contributed by atoms with van der Waals surface area (Å²) in [5, 5.41) is 0. The SMILES string of the molecule is ClC(Cl)CN1CCOC12CCCCC2. The van der Waals surface area contributed by atoms with Crippen molar-refractivity contribution in [3.63, 3.8) is 0 Å². The summed E-state index contributed by atoms with van der Waals surface area (Å²) in [6.45, 7) is 2.56. The van der Waals surface area contributed by atoms with Gasteiger partial charge in [0.1, 0.15) is 10.6 Å². The van der Waals surface area contributed by atoms with Crippen LogP contribution < -0.4 is 0 Å². The fourth-order valence-corrected chi connectivity index (χ4v) is 2.96. The molecule has 1 aliphatic heterocycles. The number of hydrogen-bond donors (Lipinski definition) is 0. The van der Waals surface area contributed by atoms with Crippen LogP contribution >= 0.6 is 23.2 Å². The highest BCUT2D eigenvalue weighted by Gasteiger charge is 2.43. The Morgan fingerprint density at radius 2 is 1.93 bits per heavy atom. The lowest BCUT2D eigenvalue weighted by molar-refractivity contribution is -0.105. The Kier molecular flexibility index (Phi) is 3.59. The lowest BCUT2D eigenvalue weighted by Crippen LogP contribution is -2.48. The molecule has 1 spiro atoms. The molecule has 0 N–H and O–H groups in total. The van der Waals surface area contributed by atoms with E-state index in [2.05, 4.69) is 4.90 Å². The highest BCUT2D eigenvalue weighted by Crippen LogP contribution is 2.38. The van der Waals surface area contributed by atoms with Gasteiger partial charge in [-0.2, -0.15) is 0 Å². The van der Waals surface area contributed by atoms with Gasteiger partial charge in [0.2, 0.25) is 0 Å². The molecule has 0 aromatic carbocycles. The molecule has 82 valence electrons.